The summed E-state index contributed by atoms with van der Waals surface area (Å²) in [6.07, 6.45) is 8.28. The van der Waals surface area contributed by atoms with Gasteiger partial charge in [-0.2, -0.15) is 0 Å². The van der Waals surface area contributed by atoms with E-state index in [1.165, 1.54) is 37.1 Å². The third kappa shape index (κ3) is 3.21. The van der Waals surface area contributed by atoms with Gasteiger partial charge >= 0.3 is 0 Å². The Morgan fingerprint density at radius 1 is 1.23 bits per heavy atom. The van der Waals surface area contributed by atoms with E-state index in [1.54, 1.807) is 0 Å². The van der Waals surface area contributed by atoms with Crippen LogP contribution in [0.1, 0.15) is 51.9 Å². The molecule has 4 heteroatoms. The monoisotopic (exact) mass is 301 g/mol. The summed E-state index contributed by atoms with van der Waals surface area (Å²) in [7, 11) is 0. The molecule has 1 N–H and O–H groups in total. The van der Waals surface area contributed by atoms with Crippen molar-refractivity contribution in [1.82, 2.24) is 4.90 Å². The summed E-state index contributed by atoms with van der Waals surface area (Å²) in [6, 6.07) is 8.46. The van der Waals surface area contributed by atoms with Gasteiger partial charge in [0.2, 0.25) is 5.91 Å². The average Bonchev–Trinajstić information content (AvgIpc) is 3.09. The van der Waals surface area contributed by atoms with Crippen molar-refractivity contribution in [3.63, 3.8) is 0 Å². The molecule has 2 heterocycles. The van der Waals surface area contributed by atoms with Crippen LogP contribution < -0.4 is 10.2 Å². The topological polar surface area (TPSA) is 35.6 Å². The number of carbonyl (C=O) groups is 1. The van der Waals surface area contributed by atoms with Crippen molar-refractivity contribution in [3.05, 3.63) is 24.3 Å². The highest BCUT2D eigenvalue weighted by Gasteiger charge is 2.31. The second kappa shape index (κ2) is 7.03. The Bertz CT molecular complexity index is 517. The molecule has 2 aliphatic heterocycles. The number of hydrogen-bond donors (Lipinski definition) is 1. The zero-order chi connectivity index (χ0) is 15.4. The molecular weight excluding hydrogens is 274 g/mol. The maximum atomic E-state index is 12.0. The Balaban J connectivity index is 1.67. The fraction of sp³-hybridized carbons (Fsp3) is 0.611. The highest BCUT2D eigenvalue weighted by Crippen LogP contribution is 2.36. The van der Waals surface area contributed by atoms with E-state index in [0.717, 1.165) is 26.1 Å². The van der Waals surface area contributed by atoms with Crippen LogP contribution in [0.15, 0.2) is 24.3 Å². The Morgan fingerprint density at radius 2 is 2.09 bits per heavy atom. The minimum atomic E-state index is 0.300. The summed E-state index contributed by atoms with van der Waals surface area (Å²) < 4.78 is 0. The lowest BCUT2D eigenvalue weighted by Gasteiger charge is -2.31. The molecule has 0 bridgehead atoms. The maximum Gasteiger partial charge on any atom is 0.224 e. The van der Waals surface area contributed by atoms with Gasteiger partial charge in [-0.25, -0.2) is 0 Å². The van der Waals surface area contributed by atoms with E-state index in [0.29, 0.717) is 18.5 Å². The molecule has 1 amide bonds. The lowest BCUT2D eigenvalue weighted by Crippen LogP contribution is -2.44. The Labute approximate surface area is 133 Å². The largest absolute Gasteiger partial charge is 0.363 e. The summed E-state index contributed by atoms with van der Waals surface area (Å²) >= 11 is 0. The van der Waals surface area contributed by atoms with Gasteiger partial charge in [0.15, 0.2) is 0 Å². The number of fused-ring (bicyclic) bond motifs is 1. The molecule has 120 valence electrons. The van der Waals surface area contributed by atoms with Gasteiger partial charge < -0.3 is 15.1 Å². The highest BCUT2D eigenvalue weighted by molar-refractivity contribution is 5.80. The van der Waals surface area contributed by atoms with E-state index >= 15 is 0 Å². The number of para-hydroxylation sites is 2. The quantitative estimate of drug-likeness (QED) is 0.778. The number of likely N-dealkylation sites (tertiary alicyclic amines) is 1. The number of rotatable bonds is 7. The number of carbonyl (C=O) groups excluding carboxylic acids is 1. The number of hydrogen-bond acceptors (Lipinski definition) is 3. The van der Waals surface area contributed by atoms with E-state index in [4.69, 9.17) is 0 Å². The van der Waals surface area contributed by atoms with Gasteiger partial charge in [-0.15, -0.1) is 0 Å². The number of nitrogens with zero attached hydrogens (tertiary/aromatic N) is 2. The summed E-state index contributed by atoms with van der Waals surface area (Å²) in [6.45, 7) is 3.87. The molecule has 2 aliphatic rings. The minimum Gasteiger partial charge on any atom is -0.363 e. The Hall–Kier alpha value is -1.71. The number of unbranched alkanes of at least 4 members (excludes halogenated alkanes) is 3. The number of amides is 1. The molecule has 1 aromatic rings. The molecule has 0 aliphatic carbocycles. The van der Waals surface area contributed by atoms with Crippen LogP contribution in [0.4, 0.5) is 11.4 Å². The molecule has 0 saturated carbocycles. The predicted octanol–water partition coefficient (Wildman–Crippen LogP) is 3.79. The van der Waals surface area contributed by atoms with Crippen LogP contribution in [0.2, 0.25) is 0 Å². The van der Waals surface area contributed by atoms with Gasteiger partial charge in [0, 0.05) is 13.0 Å². The third-order valence-electron chi connectivity index (χ3n) is 4.74. The average molecular weight is 301 g/mol. The summed E-state index contributed by atoms with van der Waals surface area (Å²) in [4.78, 5) is 16.3. The molecule has 1 aromatic carbocycles. The van der Waals surface area contributed by atoms with Crippen molar-refractivity contribution in [2.75, 3.05) is 23.4 Å². The Morgan fingerprint density at radius 3 is 2.86 bits per heavy atom. The van der Waals surface area contributed by atoms with E-state index in [9.17, 15) is 4.79 Å². The fourth-order valence-corrected chi connectivity index (χ4v) is 3.48. The number of anilines is 2. The molecule has 1 saturated heterocycles. The summed E-state index contributed by atoms with van der Waals surface area (Å²) in [5.41, 5.74) is 2.44. The van der Waals surface area contributed by atoms with E-state index in [-0.39, 0.29) is 0 Å². The first-order valence-corrected chi connectivity index (χ1v) is 8.69. The molecule has 22 heavy (non-hydrogen) atoms. The molecular formula is C18H27N3O. The van der Waals surface area contributed by atoms with Crippen LogP contribution in [0.5, 0.6) is 0 Å². The molecule has 1 fully saturated rings. The molecule has 0 spiro atoms. The normalized spacial score (nSPS) is 20.4. The first-order chi connectivity index (χ1) is 10.8. The first-order valence-electron chi connectivity index (χ1n) is 8.69. The van der Waals surface area contributed by atoms with Crippen LogP contribution in [-0.2, 0) is 4.79 Å². The van der Waals surface area contributed by atoms with Gasteiger partial charge in [0.25, 0.3) is 0 Å². The minimum absolute atomic E-state index is 0.300. The number of benzene rings is 1. The van der Waals surface area contributed by atoms with Crippen molar-refractivity contribution >= 4 is 17.3 Å². The van der Waals surface area contributed by atoms with Crippen LogP contribution >= 0.6 is 0 Å². The van der Waals surface area contributed by atoms with Crippen LogP contribution in [0.3, 0.4) is 0 Å². The van der Waals surface area contributed by atoms with Gasteiger partial charge in [-0.05, 0) is 31.4 Å². The molecule has 1 unspecified atom stereocenters. The van der Waals surface area contributed by atoms with Crippen molar-refractivity contribution < 1.29 is 4.79 Å². The second-order valence-corrected chi connectivity index (χ2v) is 6.40. The van der Waals surface area contributed by atoms with Gasteiger partial charge in [-0.1, -0.05) is 38.3 Å². The van der Waals surface area contributed by atoms with Crippen molar-refractivity contribution in [2.45, 2.75) is 58.0 Å². The van der Waals surface area contributed by atoms with Crippen molar-refractivity contribution in [3.8, 4) is 0 Å². The van der Waals surface area contributed by atoms with Crippen LogP contribution in [0, 0.1) is 0 Å². The van der Waals surface area contributed by atoms with Crippen molar-refractivity contribution in [1.29, 1.82) is 0 Å². The zero-order valence-electron chi connectivity index (χ0n) is 13.6. The molecule has 1 atom stereocenters. The molecule has 0 aromatic heterocycles. The second-order valence-electron chi connectivity index (χ2n) is 6.40. The summed E-state index contributed by atoms with van der Waals surface area (Å²) in [5.74, 6) is 0.300. The van der Waals surface area contributed by atoms with Crippen molar-refractivity contribution in [2.24, 2.45) is 0 Å². The van der Waals surface area contributed by atoms with Crippen LogP contribution in [-0.4, -0.2) is 30.2 Å². The third-order valence-corrected chi connectivity index (χ3v) is 4.74. The highest BCUT2D eigenvalue weighted by atomic mass is 16.2. The van der Waals surface area contributed by atoms with Gasteiger partial charge in [-0.3, -0.25) is 4.79 Å². The first kappa shape index (κ1) is 15.2. The maximum absolute atomic E-state index is 12.0. The van der Waals surface area contributed by atoms with E-state index < -0.39 is 0 Å². The van der Waals surface area contributed by atoms with E-state index in [1.807, 2.05) is 4.90 Å². The van der Waals surface area contributed by atoms with E-state index in [2.05, 4.69) is 41.4 Å². The smallest absolute Gasteiger partial charge is 0.224 e. The summed E-state index contributed by atoms with van der Waals surface area (Å²) in [5, 5.41) is 3.64. The number of nitrogens with one attached hydrogen (secondary N) is 1. The zero-order valence-corrected chi connectivity index (χ0v) is 13.6. The SMILES string of the molecule is CCCCCCC1Nc2ccccc2N1CN1CCCC1=O. The van der Waals surface area contributed by atoms with Crippen LogP contribution in [0.25, 0.3) is 0 Å². The standard InChI is InChI=1S/C18H27N3O/c1-2-3-4-5-11-17-19-15-9-6-7-10-16(15)21(17)14-20-13-8-12-18(20)22/h6-7,9-10,17,19H,2-5,8,11-14H2,1H3. The lowest BCUT2D eigenvalue weighted by molar-refractivity contribution is -0.127. The molecule has 0 radical (unpaired) electrons. The predicted molar refractivity (Wildman–Crippen MR) is 90.9 cm³/mol. The fourth-order valence-electron chi connectivity index (χ4n) is 3.48. The van der Waals surface area contributed by atoms with Gasteiger partial charge in [0.1, 0.15) is 6.17 Å². The Kier molecular flexibility index (Phi) is 4.86. The van der Waals surface area contributed by atoms with Gasteiger partial charge in [0.05, 0.1) is 18.0 Å². The molecule has 3 rings (SSSR count). The molecule has 4 nitrogen and oxygen atoms in total. The lowest BCUT2D eigenvalue weighted by atomic mass is 10.1.